The molecule has 2 amide bonds. The molecule has 1 atom stereocenters. The lowest BCUT2D eigenvalue weighted by molar-refractivity contribution is -0.138. The van der Waals surface area contributed by atoms with Gasteiger partial charge in [-0.05, 0) is 41.5 Å². The highest BCUT2D eigenvalue weighted by atomic mass is 16.5. The number of benzene rings is 2. The van der Waals surface area contributed by atoms with Crippen molar-refractivity contribution in [1.82, 2.24) is 10.2 Å². The minimum absolute atomic E-state index is 0.00167. The van der Waals surface area contributed by atoms with Crippen molar-refractivity contribution in [2.24, 2.45) is 5.92 Å². The number of alkyl carbamates (subject to hydrolysis) is 1. The molecule has 0 bridgehead atoms. The van der Waals surface area contributed by atoms with Gasteiger partial charge >= 0.3 is 12.1 Å². The minimum atomic E-state index is -0.839. The molecule has 2 aromatic rings. The largest absolute Gasteiger partial charge is 0.481 e. The number of rotatable bonds is 7. The smallest absolute Gasteiger partial charge is 0.407 e. The molecule has 0 aromatic heterocycles. The van der Waals surface area contributed by atoms with E-state index >= 15 is 0 Å². The van der Waals surface area contributed by atoms with E-state index in [0.717, 1.165) is 11.1 Å². The summed E-state index contributed by atoms with van der Waals surface area (Å²) in [6.45, 7) is 3.13. The number of hydrogen-bond donors (Lipinski definition) is 2. The SMILES string of the molecule is C/C(=C\CNC(=O)OCC1c2ccccc2-c2ccccc21)C(=O)N1CCC(CC(=O)O)C1. The van der Waals surface area contributed by atoms with Gasteiger partial charge in [-0.15, -0.1) is 0 Å². The van der Waals surface area contributed by atoms with Gasteiger partial charge in [0.15, 0.2) is 0 Å². The fourth-order valence-electron chi connectivity index (χ4n) is 4.70. The lowest BCUT2D eigenvalue weighted by atomic mass is 9.98. The highest BCUT2D eigenvalue weighted by Crippen LogP contribution is 2.44. The van der Waals surface area contributed by atoms with E-state index in [1.54, 1.807) is 17.9 Å². The van der Waals surface area contributed by atoms with E-state index in [2.05, 4.69) is 29.6 Å². The molecule has 2 N–H and O–H groups in total. The zero-order valence-corrected chi connectivity index (χ0v) is 18.6. The predicted molar refractivity (Wildman–Crippen MR) is 124 cm³/mol. The van der Waals surface area contributed by atoms with E-state index in [1.807, 2.05) is 24.3 Å². The summed E-state index contributed by atoms with van der Waals surface area (Å²) in [6.07, 6.45) is 1.91. The summed E-state index contributed by atoms with van der Waals surface area (Å²) in [6, 6.07) is 16.3. The third kappa shape index (κ3) is 5.08. The number of nitrogens with one attached hydrogen (secondary N) is 1. The maximum Gasteiger partial charge on any atom is 0.407 e. The molecular formula is C26H28N2O5. The van der Waals surface area contributed by atoms with Gasteiger partial charge in [0.1, 0.15) is 6.61 Å². The molecule has 33 heavy (non-hydrogen) atoms. The Balaban J connectivity index is 1.27. The van der Waals surface area contributed by atoms with Crippen molar-refractivity contribution in [3.05, 3.63) is 71.3 Å². The van der Waals surface area contributed by atoms with Gasteiger partial charge in [-0.25, -0.2) is 4.79 Å². The zero-order chi connectivity index (χ0) is 23.4. The first-order valence-electron chi connectivity index (χ1n) is 11.2. The van der Waals surface area contributed by atoms with Crippen molar-refractivity contribution in [3.8, 4) is 11.1 Å². The number of amides is 2. The molecule has 1 heterocycles. The lowest BCUT2D eigenvalue weighted by Gasteiger charge is -2.17. The van der Waals surface area contributed by atoms with Crippen molar-refractivity contribution in [1.29, 1.82) is 0 Å². The second kappa shape index (κ2) is 9.90. The number of carboxylic acids is 1. The maximum atomic E-state index is 12.6. The Morgan fingerprint density at radius 1 is 1.09 bits per heavy atom. The van der Waals surface area contributed by atoms with E-state index in [0.29, 0.717) is 25.1 Å². The number of nitrogens with zero attached hydrogens (tertiary/aromatic N) is 1. The molecule has 2 aliphatic rings. The third-order valence-corrected chi connectivity index (χ3v) is 6.37. The van der Waals surface area contributed by atoms with Crippen LogP contribution in [0, 0.1) is 5.92 Å². The molecule has 7 heteroatoms. The van der Waals surface area contributed by atoms with Crippen LogP contribution in [0.3, 0.4) is 0 Å². The summed E-state index contributed by atoms with van der Waals surface area (Å²) in [5.74, 6) is -0.972. The minimum Gasteiger partial charge on any atom is -0.481 e. The van der Waals surface area contributed by atoms with Crippen molar-refractivity contribution in [2.75, 3.05) is 26.2 Å². The molecule has 172 valence electrons. The van der Waals surface area contributed by atoms with Crippen LogP contribution in [0.4, 0.5) is 4.79 Å². The Bertz CT molecular complexity index is 1050. The number of carbonyl (C=O) groups excluding carboxylic acids is 2. The van der Waals surface area contributed by atoms with Gasteiger partial charge < -0.3 is 20.1 Å². The number of carboxylic acid groups (broad SMARTS) is 1. The Morgan fingerprint density at radius 3 is 2.36 bits per heavy atom. The van der Waals surface area contributed by atoms with Crippen LogP contribution in [0.5, 0.6) is 0 Å². The van der Waals surface area contributed by atoms with Crippen molar-refractivity contribution in [3.63, 3.8) is 0 Å². The summed E-state index contributed by atoms with van der Waals surface area (Å²) in [5, 5.41) is 11.6. The van der Waals surface area contributed by atoms with Crippen molar-refractivity contribution in [2.45, 2.75) is 25.7 Å². The van der Waals surface area contributed by atoms with E-state index in [4.69, 9.17) is 9.84 Å². The highest BCUT2D eigenvalue weighted by Gasteiger charge is 2.29. The molecule has 1 aliphatic carbocycles. The molecule has 1 saturated heterocycles. The summed E-state index contributed by atoms with van der Waals surface area (Å²) in [5.41, 5.74) is 5.17. The third-order valence-electron chi connectivity index (χ3n) is 6.37. The van der Waals surface area contributed by atoms with E-state index in [9.17, 15) is 14.4 Å². The van der Waals surface area contributed by atoms with Crippen LogP contribution in [-0.4, -0.2) is 54.2 Å². The Morgan fingerprint density at radius 2 is 1.73 bits per heavy atom. The van der Waals surface area contributed by atoms with Gasteiger partial charge in [-0.1, -0.05) is 54.6 Å². The molecule has 1 fully saturated rings. The first-order chi connectivity index (χ1) is 15.9. The predicted octanol–water partition coefficient (Wildman–Crippen LogP) is 3.79. The van der Waals surface area contributed by atoms with Crippen LogP contribution in [0.1, 0.15) is 36.8 Å². The zero-order valence-electron chi connectivity index (χ0n) is 18.6. The van der Waals surface area contributed by atoms with E-state index < -0.39 is 12.1 Å². The standard InChI is InChI=1S/C26H28N2O5/c1-17(25(31)28-13-11-18(15-28)14-24(29)30)10-12-27-26(32)33-16-23-21-8-4-2-6-19(21)20-7-3-5-9-22(20)23/h2-10,18,23H,11-16H2,1H3,(H,27,32)(H,29,30)/b17-10+. The van der Waals surface area contributed by atoms with Gasteiger partial charge in [0.25, 0.3) is 0 Å². The van der Waals surface area contributed by atoms with Crippen molar-refractivity contribution >= 4 is 18.0 Å². The number of likely N-dealkylation sites (tertiary alicyclic amines) is 1. The van der Waals surface area contributed by atoms with Crippen LogP contribution in [-0.2, 0) is 14.3 Å². The number of ether oxygens (including phenoxy) is 1. The highest BCUT2D eigenvalue weighted by molar-refractivity contribution is 5.93. The molecule has 7 nitrogen and oxygen atoms in total. The molecule has 1 unspecified atom stereocenters. The average molecular weight is 449 g/mol. The topological polar surface area (TPSA) is 95.9 Å². The molecule has 2 aromatic carbocycles. The number of hydrogen-bond acceptors (Lipinski definition) is 4. The van der Waals surface area contributed by atoms with Gasteiger partial charge in [0.05, 0.1) is 0 Å². The molecule has 0 radical (unpaired) electrons. The summed E-state index contributed by atoms with van der Waals surface area (Å²) < 4.78 is 5.50. The number of carbonyl (C=O) groups is 3. The molecule has 1 aliphatic heterocycles. The Hall–Kier alpha value is -3.61. The monoisotopic (exact) mass is 448 g/mol. The van der Waals surface area contributed by atoms with Gasteiger partial charge in [-0.3, -0.25) is 9.59 Å². The first-order valence-corrected chi connectivity index (χ1v) is 11.2. The van der Waals surface area contributed by atoms with Gasteiger partial charge in [0.2, 0.25) is 5.91 Å². The van der Waals surface area contributed by atoms with Crippen molar-refractivity contribution < 1.29 is 24.2 Å². The van der Waals surface area contributed by atoms with Crippen LogP contribution in [0.2, 0.25) is 0 Å². The van der Waals surface area contributed by atoms with Crippen LogP contribution in [0.15, 0.2) is 60.2 Å². The summed E-state index contributed by atoms with van der Waals surface area (Å²) in [7, 11) is 0. The summed E-state index contributed by atoms with van der Waals surface area (Å²) >= 11 is 0. The fraction of sp³-hybridized carbons (Fsp3) is 0.346. The number of aliphatic carboxylic acids is 1. The normalized spacial score (nSPS) is 17.4. The first kappa shape index (κ1) is 22.6. The molecule has 0 spiro atoms. The molecular weight excluding hydrogens is 420 g/mol. The lowest BCUT2D eigenvalue weighted by Crippen LogP contribution is -2.31. The van der Waals surface area contributed by atoms with Gasteiger partial charge in [-0.2, -0.15) is 0 Å². The second-order valence-corrected chi connectivity index (χ2v) is 8.60. The van der Waals surface area contributed by atoms with Crippen LogP contribution >= 0.6 is 0 Å². The fourth-order valence-corrected chi connectivity index (χ4v) is 4.70. The van der Waals surface area contributed by atoms with Gasteiger partial charge in [0, 0.05) is 37.5 Å². The van der Waals surface area contributed by atoms with Crippen LogP contribution < -0.4 is 5.32 Å². The quantitative estimate of drug-likeness (QED) is 0.629. The average Bonchev–Trinajstić information content (AvgIpc) is 3.39. The van der Waals surface area contributed by atoms with Crippen LogP contribution in [0.25, 0.3) is 11.1 Å². The Labute approximate surface area is 193 Å². The number of fused-ring (bicyclic) bond motifs is 3. The molecule has 4 rings (SSSR count). The maximum absolute atomic E-state index is 12.6. The van der Waals surface area contributed by atoms with E-state index in [-0.39, 0.29) is 37.3 Å². The summed E-state index contributed by atoms with van der Waals surface area (Å²) in [4.78, 5) is 37.4. The Kier molecular flexibility index (Phi) is 6.77. The molecule has 0 saturated carbocycles. The second-order valence-electron chi connectivity index (χ2n) is 8.60. The van der Waals surface area contributed by atoms with E-state index in [1.165, 1.54) is 11.1 Å².